The lowest BCUT2D eigenvalue weighted by molar-refractivity contribution is 0.0487. The monoisotopic (exact) mass is 327 g/mol. The third kappa shape index (κ3) is 11.1. The highest BCUT2D eigenvalue weighted by Crippen LogP contribution is 2.10. The SMILES string of the molecule is CCCCOCCOCCNC(=NC)NCCC1=CCOCC1. The molecule has 0 fully saturated rings. The molecule has 0 unspecified atom stereocenters. The molecule has 0 bridgehead atoms. The number of hydrogen-bond donors (Lipinski definition) is 2. The maximum absolute atomic E-state index is 5.52. The fraction of sp³-hybridized carbons (Fsp3) is 0.824. The maximum Gasteiger partial charge on any atom is 0.191 e. The van der Waals surface area contributed by atoms with E-state index >= 15 is 0 Å². The summed E-state index contributed by atoms with van der Waals surface area (Å²) in [5.41, 5.74) is 1.46. The van der Waals surface area contributed by atoms with E-state index in [4.69, 9.17) is 14.2 Å². The summed E-state index contributed by atoms with van der Waals surface area (Å²) >= 11 is 0. The molecule has 1 aliphatic heterocycles. The Morgan fingerprint density at radius 1 is 1.17 bits per heavy atom. The number of ether oxygens (including phenoxy) is 3. The van der Waals surface area contributed by atoms with Gasteiger partial charge in [0.2, 0.25) is 0 Å². The second-order valence-electron chi connectivity index (χ2n) is 5.44. The van der Waals surface area contributed by atoms with Gasteiger partial charge in [-0.1, -0.05) is 25.0 Å². The second kappa shape index (κ2) is 14.5. The molecule has 1 heterocycles. The van der Waals surface area contributed by atoms with Crippen LogP contribution in [0.3, 0.4) is 0 Å². The van der Waals surface area contributed by atoms with Gasteiger partial charge in [-0.05, 0) is 19.3 Å². The summed E-state index contributed by atoms with van der Waals surface area (Å²) in [7, 11) is 1.78. The van der Waals surface area contributed by atoms with Crippen LogP contribution in [0.1, 0.15) is 32.6 Å². The molecule has 0 spiro atoms. The van der Waals surface area contributed by atoms with Gasteiger partial charge in [-0.2, -0.15) is 0 Å². The first-order chi connectivity index (χ1) is 11.4. The Kier molecular flexibility index (Phi) is 12.6. The Bertz CT molecular complexity index is 346. The van der Waals surface area contributed by atoms with Crippen LogP contribution in [-0.4, -0.2) is 65.7 Å². The maximum atomic E-state index is 5.52. The van der Waals surface area contributed by atoms with Crippen LogP contribution in [-0.2, 0) is 14.2 Å². The lowest BCUT2D eigenvalue weighted by Crippen LogP contribution is -2.39. The van der Waals surface area contributed by atoms with Crippen molar-refractivity contribution in [3.05, 3.63) is 11.6 Å². The summed E-state index contributed by atoms with van der Waals surface area (Å²) in [6.07, 6.45) is 6.55. The highest BCUT2D eigenvalue weighted by atomic mass is 16.5. The number of hydrogen-bond acceptors (Lipinski definition) is 4. The minimum atomic E-state index is 0.646. The average molecular weight is 327 g/mol. The van der Waals surface area contributed by atoms with E-state index in [1.54, 1.807) is 7.05 Å². The molecule has 6 nitrogen and oxygen atoms in total. The van der Waals surface area contributed by atoms with Gasteiger partial charge >= 0.3 is 0 Å². The molecule has 0 atom stereocenters. The number of nitrogens with zero attached hydrogens (tertiary/aromatic N) is 1. The van der Waals surface area contributed by atoms with Crippen molar-refractivity contribution in [1.29, 1.82) is 0 Å². The van der Waals surface area contributed by atoms with Gasteiger partial charge in [0.15, 0.2) is 5.96 Å². The van der Waals surface area contributed by atoms with Gasteiger partial charge in [0.05, 0.1) is 33.0 Å². The minimum Gasteiger partial charge on any atom is -0.379 e. The molecule has 0 aliphatic carbocycles. The summed E-state index contributed by atoms with van der Waals surface area (Å²) in [6, 6.07) is 0. The largest absolute Gasteiger partial charge is 0.379 e. The van der Waals surface area contributed by atoms with Crippen LogP contribution in [0.4, 0.5) is 0 Å². The third-order valence-corrected chi connectivity index (χ3v) is 3.57. The zero-order valence-corrected chi connectivity index (χ0v) is 14.7. The Balaban J connectivity index is 1.94. The topological polar surface area (TPSA) is 64.1 Å². The van der Waals surface area contributed by atoms with Crippen LogP contribution in [0.5, 0.6) is 0 Å². The number of aliphatic imine (C=N–C) groups is 1. The fourth-order valence-corrected chi connectivity index (χ4v) is 2.16. The molecule has 0 amide bonds. The molecule has 0 aromatic rings. The van der Waals surface area contributed by atoms with Gasteiger partial charge in [0.1, 0.15) is 0 Å². The molecule has 0 radical (unpaired) electrons. The predicted octanol–water partition coefficient (Wildman–Crippen LogP) is 1.72. The normalized spacial score (nSPS) is 15.4. The van der Waals surface area contributed by atoms with E-state index < -0.39 is 0 Å². The number of unbranched alkanes of at least 4 members (excludes halogenated alkanes) is 1. The highest BCUT2D eigenvalue weighted by Gasteiger charge is 2.04. The molecule has 1 rings (SSSR count). The summed E-state index contributed by atoms with van der Waals surface area (Å²) in [5.74, 6) is 0.820. The molecular weight excluding hydrogens is 294 g/mol. The first kappa shape index (κ1) is 19.9. The molecule has 23 heavy (non-hydrogen) atoms. The summed E-state index contributed by atoms with van der Waals surface area (Å²) in [5, 5.41) is 6.57. The third-order valence-electron chi connectivity index (χ3n) is 3.57. The van der Waals surface area contributed by atoms with Crippen molar-refractivity contribution in [3.8, 4) is 0 Å². The predicted molar refractivity (Wildman–Crippen MR) is 94.0 cm³/mol. The molecule has 0 aromatic carbocycles. The Labute approximate surface area is 140 Å². The Morgan fingerprint density at radius 2 is 1.96 bits per heavy atom. The standard InChI is InChI=1S/C17H33N3O3/c1-3-4-10-21-14-15-23-13-9-20-17(18-2)19-8-5-16-6-11-22-12-7-16/h6H,3-5,7-15H2,1-2H3,(H2,18,19,20). The summed E-state index contributed by atoms with van der Waals surface area (Å²) in [6.45, 7) is 8.19. The lowest BCUT2D eigenvalue weighted by Gasteiger charge is -2.15. The molecule has 0 saturated carbocycles. The van der Waals surface area contributed by atoms with Crippen LogP contribution in [0.2, 0.25) is 0 Å². The van der Waals surface area contributed by atoms with E-state index in [0.717, 1.165) is 58.1 Å². The van der Waals surface area contributed by atoms with Crippen LogP contribution < -0.4 is 10.6 Å². The summed E-state index contributed by atoms with van der Waals surface area (Å²) in [4.78, 5) is 4.21. The van der Waals surface area contributed by atoms with Gasteiger partial charge in [-0.3, -0.25) is 4.99 Å². The van der Waals surface area contributed by atoms with Crippen LogP contribution >= 0.6 is 0 Å². The zero-order valence-electron chi connectivity index (χ0n) is 14.7. The van der Waals surface area contributed by atoms with Crippen molar-refractivity contribution < 1.29 is 14.2 Å². The Morgan fingerprint density at radius 3 is 2.65 bits per heavy atom. The first-order valence-electron chi connectivity index (χ1n) is 8.72. The van der Waals surface area contributed by atoms with Crippen molar-refractivity contribution in [3.63, 3.8) is 0 Å². The van der Waals surface area contributed by atoms with Crippen LogP contribution in [0.25, 0.3) is 0 Å². The van der Waals surface area contributed by atoms with Crippen LogP contribution in [0.15, 0.2) is 16.6 Å². The summed E-state index contributed by atoms with van der Waals surface area (Å²) < 4.78 is 16.3. The van der Waals surface area contributed by atoms with E-state index in [9.17, 15) is 0 Å². The van der Waals surface area contributed by atoms with Gasteiger partial charge in [-0.25, -0.2) is 0 Å². The quantitative estimate of drug-likeness (QED) is 0.247. The van der Waals surface area contributed by atoms with Gasteiger partial charge < -0.3 is 24.8 Å². The second-order valence-corrected chi connectivity index (χ2v) is 5.44. The number of rotatable bonds is 12. The highest BCUT2D eigenvalue weighted by molar-refractivity contribution is 5.79. The van der Waals surface area contributed by atoms with Gasteiger partial charge in [0.25, 0.3) is 0 Å². The molecule has 134 valence electrons. The van der Waals surface area contributed by atoms with E-state index in [0.29, 0.717) is 19.8 Å². The van der Waals surface area contributed by atoms with Crippen molar-refractivity contribution in [2.24, 2.45) is 4.99 Å². The lowest BCUT2D eigenvalue weighted by atomic mass is 10.1. The van der Waals surface area contributed by atoms with Crippen molar-refractivity contribution in [1.82, 2.24) is 10.6 Å². The zero-order chi connectivity index (χ0) is 16.6. The Hall–Kier alpha value is -1.11. The molecule has 0 saturated heterocycles. The van der Waals surface area contributed by atoms with Gasteiger partial charge in [-0.15, -0.1) is 0 Å². The van der Waals surface area contributed by atoms with Crippen molar-refractivity contribution in [2.75, 3.05) is 59.8 Å². The van der Waals surface area contributed by atoms with E-state index in [1.807, 2.05) is 0 Å². The molecular formula is C17H33N3O3. The van der Waals surface area contributed by atoms with Crippen molar-refractivity contribution >= 4 is 5.96 Å². The van der Waals surface area contributed by atoms with E-state index in [1.165, 1.54) is 12.0 Å². The molecule has 1 aliphatic rings. The van der Waals surface area contributed by atoms with E-state index in [-0.39, 0.29) is 0 Å². The van der Waals surface area contributed by atoms with Crippen LogP contribution in [0, 0.1) is 0 Å². The van der Waals surface area contributed by atoms with Crippen molar-refractivity contribution in [2.45, 2.75) is 32.6 Å². The molecule has 6 heteroatoms. The average Bonchev–Trinajstić information content (AvgIpc) is 2.59. The number of guanidine groups is 1. The number of nitrogens with one attached hydrogen (secondary N) is 2. The minimum absolute atomic E-state index is 0.646. The first-order valence-corrected chi connectivity index (χ1v) is 8.72. The van der Waals surface area contributed by atoms with Gasteiger partial charge in [0, 0.05) is 26.7 Å². The van der Waals surface area contributed by atoms with E-state index in [2.05, 4.69) is 28.6 Å². The smallest absolute Gasteiger partial charge is 0.191 e. The fourth-order valence-electron chi connectivity index (χ4n) is 2.16. The molecule has 2 N–H and O–H groups in total. The molecule has 0 aromatic heterocycles.